The van der Waals surface area contributed by atoms with Crippen LogP contribution in [0.15, 0.2) is 65.4 Å². The first-order chi connectivity index (χ1) is 10.8. The molecule has 0 spiro atoms. The van der Waals surface area contributed by atoms with Crippen molar-refractivity contribution in [3.8, 4) is 11.3 Å². The summed E-state index contributed by atoms with van der Waals surface area (Å²) in [6.07, 6.45) is 4.47. The second kappa shape index (κ2) is 6.67. The fraction of sp³-hybridized carbons (Fsp3) is 0.118. The highest BCUT2D eigenvalue weighted by atomic mass is 16.5. The van der Waals surface area contributed by atoms with E-state index in [-0.39, 0.29) is 5.91 Å². The molecule has 1 aromatic carbocycles. The van der Waals surface area contributed by atoms with E-state index in [9.17, 15) is 4.79 Å². The van der Waals surface area contributed by atoms with E-state index in [2.05, 4.69) is 15.5 Å². The van der Waals surface area contributed by atoms with Gasteiger partial charge in [0.1, 0.15) is 5.69 Å². The molecule has 0 fully saturated rings. The topological polar surface area (TPSA) is 68.0 Å². The van der Waals surface area contributed by atoms with Crippen LogP contribution in [0.25, 0.3) is 11.3 Å². The van der Waals surface area contributed by atoms with E-state index < -0.39 is 0 Å². The molecule has 0 aliphatic rings. The first-order valence-electron chi connectivity index (χ1n) is 7.02. The van der Waals surface area contributed by atoms with Gasteiger partial charge in [-0.1, -0.05) is 35.5 Å². The lowest BCUT2D eigenvalue weighted by Gasteiger charge is -2.01. The molecule has 1 N–H and O–H groups in total. The Morgan fingerprint density at radius 1 is 1.14 bits per heavy atom. The monoisotopic (exact) mass is 293 g/mol. The predicted octanol–water partition coefficient (Wildman–Crippen LogP) is 3.31. The number of anilines is 1. The minimum Gasteiger partial charge on any atom is -0.338 e. The molecule has 0 aliphatic carbocycles. The van der Waals surface area contributed by atoms with Gasteiger partial charge >= 0.3 is 0 Å². The third kappa shape index (κ3) is 3.58. The van der Waals surface area contributed by atoms with Gasteiger partial charge in [0.15, 0.2) is 0 Å². The van der Waals surface area contributed by atoms with Gasteiger partial charge in [0, 0.05) is 30.4 Å². The SMILES string of the molecule is O=C(CCc1ccccc1)Nc1cc(-c2cccnc2)no1. The summed E-state index contributed by atoms with van der Waals surface area (Å²) in [4.78, 5) is 15.9. The van der Waals surface area contributed by atoms with Crippen LogP contribution in [0.4, 0.5) is 5.88 Å². The zero-order valence-electron chi connectivity index (χ0n) is 11.9. The number of carbonyl (C=O) groups is 1. The molecule has 22 heavy (non-hydrogen) atoms. The van der Waals surface area contributed by atoms with Crippen LogP contribution in [0.5, 0.6) is 0 Å². The molecule has 2 aromatic heterocycles. The number of amides is 1. The summed E-state index contributed by atoms with van der Waals surface area (Å²) in [6.45, 7) is 0. The fourth-order valence-corrected chi connectivity index (χ4v) is 2.09. The van der Waals surface area contributed by atoms with Gasteiger partial charge in [-0.05, 0) is 24.1 Å². The van der Waals surface area contributed by atoms with Gasteiger partial charge in [-0.15, -0.1) is 0 Å². The maximum absolute atomic E-state index is 11.9. The molecule has 0 atom stereocenters. The largest absolute Gasteiger partial charge is 0.338 e. The van der Waals surface area contributed by atoms with Crippen molar-refractivity contribution >= 4 is 11.8 Å². The number of nitrogens with one attached hydrogen (secondary N) is 1. The Labute approximate surface area is 128 Å². The highest BCUT2D eigenvalue weighted by Crippen LogP contribution is 2.20. The number of aromatic nitrogens is 2. The number of hydrogen-bond donors (Lipinski definition) is 1. The molecule has 3 rings (SSSR count). The second-order valence-electron chi connectivity index (χ2n) is 4.85. The van der Waals surface area contributed by atoms with E-state index in [1.807, 2.05) is 42.5 Å². The molecule has 0 unspecified atom stereocenters. The normalized spacial score (nSPS) is 10.4. The third-order valence-electron chi connectivity index (χ3n) is 3.21. The van der Waals surface area contributed by atoms with Crippen LogP contribution >= 0.6 is 0 Å². The minimum atomic E-state index is -0.0993. The lowest BCUT2D eigenvalue weighted by atomic mass is 10.1. The third-order valence-corrected chi connectivity index (χ3v) is 3.21. The van der Waals surface area contributed by atoms with Crippen molar-refractivity contribution in [3.05, 3.63) is 66.5 Å². The summed E-state index contributed by atoms with van der Waals surface area (Å²) < 4.78 is 5.13. The van der Waals surface area contributed by atoms with Crippen LogP contribution in [-0.4, -0.2) is 16.0 Å². The molecule has 0 saturated carbocycles. The first kappa shape index (κ1) is 14.0. The Morgan fingerprint density at radius 3 is 2.77 bits per heavy atom. The van der Waals surface area contributed by atoms with Crippen LogP contribution in [-0.2, 0) is 11.2 Å². The summed E-state index contributed by atoms with van der Waals surface area (Å²) in [5.74, 6) is 0.245. The smallest absolute Gasteiger partial charge is 0.231 e. The van der Waals surface area contributed by atoms with Crippen molar-refractivity contribution in [2.24, 2.45) is 0 Å². The molecular weight excluding hydrogens is 278 g/mol. The van der Waals surface area contributed by atoms with E-state index in [1.165, 1.54) is 0 Å². The summed E-state index contributed by atoms with van der Waals surface area (Å²) in [7, 11) is 0. The Morgan fingerprint density at radius 2 is 2.00 bits per heavy atom. The van der Waals surface area contributed by atoms with E-state index in [0.29, 0.717) is 24.4 Å². The number of nitrogens with zero attached hydrogens (tertiary/aromatic N) is 2. The average molecular weight is 293 g/mol. The van der Waals surface area contributed by atoms with E-state index in [0.717, 1.165) is 11.1 Å². The van der Waals surface area contributed by atoms with Crippen LogP contribution in [0, 0.1) is 0 Å². The van der Waals surface area contributed by atoms with Crippen molar-refractivity contribution in [2.45, 2.75) is 12.8 Å². The predicted molar refractivity (Wildman–Crippen MR) is 83.1 cm³/mol. The second-order valence-corrected chi connectivity index (χ2v) is 4.85. The molecular formula is C17H15N3O2. The van der Waals surface area contributed by atoms with Crippen LogP contribution < -0.4 is 5.32 Å². The maximum Gasteiger partial charge on any atom is 0.231 e. The van der Waals surface area contributed by atoms with Crippen LogP contribution in [0.3, 0.4) is 0 Å². The van der Waals surface area contributed by atoms with Gasteiger partial charge in [0.25, 0.3) is 0 Å². The number of pyridine rings is 1. The van der Waals surface area contributed by atoms with Gasteiger partial charge < -0.3 is 4.52 Å². The Balaban J connectivity index is 1.57. The van der Waals surface area contributed by atoms with Crippen molar-refractivity contribution in [2.75, 3.05) is 5.32 Å². The van der Waals surface area contributed by atoms with Gasteiger partial charge in [0.05, 0.1) is 0 Å². The zero-order chi connectivity index (χ0) is 15.2. The fourth-order valence-electron chi connectivity index (χ4n) is 2.09. The van der Waals surface area contributed by atoms with Gasteiger partial charge in [-0.25, -0.2) is 0 Å². The molecule has 1 amide bonds. The number of rotatable bonds is 5. The molecule has 0 bridgehead atoms. The van der Waals surface area contributed by atoms with Crippen LogP contribution in [0.2, 0.25) is 0 Å². The molecule has 3 aromatic rings. The first-order valence-corrected chi connectivity index (χ1v) is 7.02. The molecule has 110 valence electrons. The van der Waals surface area contributed by atoms with Crippen molar-refractivity contribution < 1.29 is 9.32 Å². The van der Waals surface area contributed by atoms with Gasteiger partial charge in [-0.3, -0.25) is 15.1 Å². The van der Waals surface area contributed by atoms with Crippen molar-refractivity contribution in [1.82, 2.24) is 10.1 Å². The highest BCUT2D eigenvalue weighted by Gasteiger charge is 2.09. The lowest BCUT2D eigenvalue weighted by molar-refractivity contribution is -0.116. The summed E-state index contributed by atoms with van der Waals surface area (Å²) in [6, 6.07) is 15.3. The highest BCUT2D eigenvalue weighted by molar-refractivity contribution is 5.89. The molecule has 2 heterocycles. The molecule has 5 nitrogen and oxygen atoms in total. The van der Waals surface area contributed by atoms with Crippen molar-refractivity contribution in [1.29, 1.82) is 0 Å². The van der Waals surface area contributed by atoms with Crippen LogP contribution in [0.1, 0.15) is 12.0 Å². The van der Waals surface area contributed by atoms with Gasteiger partial charge in [-0.2, -0.15) is 0 Å². The Hall–Kier alpha value is -2.95. The van der Waals surface area contributed by atoms with Gasteiger partial charge in [0.2, 0.25) is 11.8 Å². The molecule has 5 heteroatoms. The van der Waals surface area contributed by atoms with E-state index in [1.54, 1.807) is 18.5 Å². The Kier molecular flexibility index (Phi) is 4.25. The summed E-state index contributed by atoms with van der Waals surface area (Å²) in [5, 5.41) is 6.64. The number of benzene rings is 1. The number of hydrogen-bond acceptors (Lipinski definition) is 4. The maximum atomic E-state index is 11.9. The summed E-state index contributed by atoms with van der Waals surface area (Å²) >= 11 is 0. The minimum absolute atomic E-state index is 0.0993. The van der Waals surface area contributed by atoms with E-state index in [4.69, 9.17) is 4.52 Å². The number of carbonyl (C=O) groups excluding carboxylic acids is 1. The lowest BCUT2D eigenvalue weighted by Crippen LogP contribution is -2.11. The molecule has 0 saturated heterocycles. The van der Waals surface area contributed by atoms with Crippen molar-refractivity contribution in [3.63, 3.8) is 0 Å². The average Bonchev–Trinajstić information content (AvgIpc) is 3.03. The Bertz CT molecular complexity index is 739. The van der Waals surface area contributed by atoms with E-state index >= 15 is 0 Å². The number of aryl methyl sites for hydroxylation is 1. The summed E-state index contributed by atoms with van der Waals surface area (Å²) in [5.41, 5.74) is 2.62. The molecule has 0 aliphatic heterocycles. The quantitative estimate of drug-likeness (QED) is 0.783. The zero-order valence-corrected chi connectivity index (χ0v) is 11.9. The molecule has 0 radical (unpaired) electrons. The standard InChI is InChI=1S/C17H15N3O2/c21-16(9-8-13-5-2-1-3-6-13)19-17-11-15(20-22-17)14-7-4-10-18-12-14/h1-7,10-12H,8-9H2,(H,19,21).